The van der Waals surface area contributed by atoms with E-state index in [-0.39, 0.29) is 36.1 Å². The van der Waals surface area contributed by atoms with Gasteiger partial charge >= 0.3 is 0 Å². The molecule has 3 rings (SSSR count). The molecule has 1 aliphatic rings. The summed E-state index contributed by atoms with van der Waals surface area (Å²) >= 11 is 0. The van der Waals surface area contributed by atoms with Gasteiger partial charge in [-0.15, -0.1) is 0 Å². The van der Waals surface area contributed by atoms with Crippen molar-refractivity contribution in [1.29, 1.82) is 0 Å². The first-order chi connectivity index (χ1) is 11.3. The van der Waals surface area contributed by atoms with Gasteiger partial charge < -0.3 is 4.98 Å². The highest BCUT2D eigenvalue weighted by Crippen LogP contribution is 2.20. The van der Waals surface area contributed by atoms with E-state index in [4.69, 9.17) is 0 Å². The van der Waals surface area contributed by atoms with E-state index in [9.17, 15) is 16.8 Å². The zero-order valence-corrected chi connectivity index (χ0v) is 14.7. The molecule has 10 nitrogen and oxygen atoms in total. The van der Waals surface area contributed by atoms with Crippen LogP contribution in [0.2, 0.25) is 0 Å². The van der Waals surface area contributed by atoms with Gasteiger partial charge in [-0.05, 0) is 6.42 Å². The molecule has 3 heterocycles. The Morgan fingerprint density at radius 2 is 1.67 bits per heavy atom. The summed E-state index contributed by atoms with van der Waals surface area (Å²) in [4.78, 5) is 6.41. The Labute approximate surface area is 140 Å². The molecule has 1 aliphatic heterocycles. The second-order valence-corrected chi connectivity index (χ2v) is 9.27. The Kier molecular flexibility index (Phi) is 4.46. The maximum atomic E-state index is 12.6. The molecule has 0 amide bonds. The summed E-state index contributed by atoms with van der Waals surface area (Å²) in [7, 11) is -5.73. The van der Waals surface area contributed by atoms with Crippen molar-refractivity contribution in [2.24, 2.45) is 7.05 Å². The molecule has 24 heavy (non-hydrogen) atoms. The van der Waals surface area contributed by atoms with Crippen LogP contribution in [0.4, 0.5) is 0 Å². The van der Waals surface area contributed by atoms with Crippen LogP contribution in [0.1, 0.15) is 6.42 Å². The Morgan fingerprint density at radius 3 is 2.21 bits per heavy atom. The number of hydrogen-bond donors (Lipinski definition) is 1. The molecule has 0 atom stereocenters. The summed E-state index contributed by atoms with van der Waals surface area (Å²) in [6, 6.07) is 0. The molecule has 0 unspecified atom stereocenters. The zero-order chi connectivity index (χ0) is 17.4. The number of aromatic amines is 1. The number of rotatable bonds is 4. The maximum absolute atomic E-state index is 12.6. The van der Waals surface area contributed by atoms with E-state index in [0.29, 0.717) is 6.42 Å². The van der Waals surface area contributed by atoms with E-state index in [0.717, 1.165) is 0 Å². The lowest BCUT2D eigenvalue weighted by Gasteiger charge is -2.20. The second kappa shape index (κ2) is 6.27. The van der Waals surface area contributed by atoms with Gasteiger partial charge in [0.05, 0.1) is 18.7 Å². The largest absolute Gasteiger partial charge is 0.335 e. The van der Waals surface area contributed by atoms with E-state index < -0.39 is 20.0 Å². The Morgan fingerprint density at radius 1 is 1.00 bits per heavy atom. The van der Waals surface area contributed by atoms with Crippen molar-refractivity contribution in [3.8, 4) is 0 Å². The smallest absolute Gasteiger partial charge is 0.260 e. The van der Waals surface area contributed by atoms with Crippen molar-refractivity contribution in [1.82, 2.24) is 28.4 Å². The Hall–Kier alpha value is -1.76. The fourth-order valence-electron chi connectivity index (χ4n) is 2.56. The highest BCUT2D eigenvalue weighted by atomic mass is 32.2. The van der Waals surface area contributed by atoms with Gasteiger partial charge in [-0.1, -0.05) is 0 Å². The molecule has 1 N–H and O–H groups in total. The van der Waals surface area contributed by atoms with Crippen LogP contribution in [-0.2, 0) is 27.1 Å². The Bertz CT molecular complexity index is 903. The summed E-state index contributed by atoms with van der Waals surface area (Å²) < 4.78 is 54.3. The molecule has 132 valence electrons. The van der Waals surface area contributed by atoms with E-state index in [1.165, 1.54) is 38.2 Å². The molecule has 1 fully saturated rings. The standard InChI is InChI=1S/C12H18N6O4S2/c1-16-9-11(7-15-16)23(19,20)17-3-2-4-18(6-5-17)24(21,22)12-8-13-10-14-12/h7-10H,2-6H2,1H3,(H,13,14). The van der Waals surface area contributed by atoms with Gasteiger partial charge in [-0.3, -0.25) is 4.68 Å². The molecule has 0 radical (unpaired) electrons. The average molecular weight is 374 g/mol. The molecule has 0 aromatic carbocycles. The third kappa shape index (κ3) is 3.09. The van der Waals surface area contributed by atoms with E-state index >= 15 is 0 Å². The summed E-state index contributed by atoms with van der Waals surface area (Å²) in [6.45, 7) is 0.679. The maximum Gasteiger partial charge on any atom is 0.260 e. The van der Waals surface area contributed by atoms with Crippen LogP contribution < -0.4 is 0 Å². The van der Waals surface area contributed by atoms with Gasteiger partial charge in [-0.2, -0.15) is 13.7 Å². The first-order valence-electron chi connectivity index (χ1n) is 7.29. The zero-order valence-electron chi connectivity index (χ0n) is 13.0. The lowest BCUT2D eigenvalue weighted by atomic mass is 10.4. The normalized spacial score (nSPS) is 18.5. The molecular weight excluding hydrogens is 356 g/mol. The van der Waals surface area contributed by atoms with Crippen LogP contribution >= 0.6 is 0 Å². The number of aryl methyl sites for hydroxylation is 1. The van der Waals surface area contributed by atoms with Gasteiger partial charge in [0.25, 0.3) is 10.0 Å². The molecule has 12 heteroatoms. The van der Waals surface area contributed by atoms with Gasteiger partial charge in [0.2, 0.25) is 10.0 Å². The lowest BCUT2D eigenvalue weighted by molar-refractivity contribution is 0.403. The van der Waals surface area contributed by atoms with Crippen LogP contribution in [0.25, 0.3) is 0 Å². The lowest BCUT2D eigenvalue weighted by Crippen LogP contribution is -2.37. The van der Waals surface area contributed by atoms with Crippen molar-refractivity contribution >= 4 is 20.0 Å². The topological polar surface area (TPSA) is 121 Å². The highest BCUT2D eigenvalue weighted by molar-refractivity contribution is 7.89. The van der Waals surface area contributed by atoms with Crippen molar-refractivity contribution in [2.45, 2.75) is 16.3 Å². The number of aromatic nitrogens is 4. The minimum Gasteiger partial charge on any atom is -0.335 e. The van der Waals surface area contributed by atoms with E-state index in [2.05, 4.69) is 15.1 Å². The molecule has 0 saturated carbocycles. The SMILES string of the molecule is Cn1cc(S(=O)(=O)N2CCCN(S(=O)(=O)c3cnc[nH]3)CC2)cn1. The van der Waals surface area contributed by atoms with Gasteiger partial charge in [0.1, 0.15) is 4.90 Å². The molecule has 0 spiro atoms. The van der Waals surface area contributed by atoms with Crippen molar-refractivity contribution in [3.63, 3.8) is 0 Å². The molecule has 2 aromatic rings. The summed E-state index contributed by atoms with van der Waals surface area (Å²) in [5.41, 5.74) is 0. The third-order valence-corrected chi connectivity index (χ3v) is 7.50. The second-order valence-electron chi connectivity index (χ2n) is 5.43. The molecule has 1 saturated heterocycles. The van der Waals surface area contributed by atoms with Gasteiger partial charge in [-0.25, -0.2) is 21.8 Å². The van der Waals surface area contributed by atoms with Crippen LogP contribution in [0.15, 0.2) is 34.8 Å². The molecule has 0 bridgehead atoms. The number of nitrogens with one attached hydrogen (secondary N) is 1. The number of H-pyrrole nitrogens is 1. The van der Waals surface area contributed by atoms with E-state index in [1.807, 2.05) is 0 Å². The van der Waals surface area contributed by atoms with E-state index in [1.54, 1.807) is 7.05 Å². The number of hydrogen-bond acceptors (Lipinski definition) is 6. The van der Waals surface area contributed by atoms with Crippen LogP contribution in [0.5, 0.6) is 0 Å². The first kappa shape index (κ1) is 17.1. The van der Waals surface area contributed by atoms with Crippen LogP contribution in [-0.4, -0.2) is 71.4 Å². The minimum absolute atomic E-state index is 0.00562. The summed E-state index contributed by atoms with van der Waals surface area (Å²) in [5.74, 6) is 0. The number of nitrogens with zero attached hydrogens (tertiary/aromatic N) is 5. The molecule has 0 aliphatic carbocycles. The Balaban J connectivity index is 1.78. The predicted octanol–water partition coefficient (Wildman–Crippen LogP) is -0.771. The average Bonchev–Trinajstić information content (AvgIpc) is 3.14. The summed E-state index contributed by atoms with van der Waals surface area (Å²) in [5, 5.41) is 3.89. The number of sulfonamides is 2. The molecule has 2 aromatic heterocycles. The molecular formula is C12H18N6O4S2. The van der Waals surface area contributed by atoms with Crippen molar-refractivity contribution in [2.75, 3.05) is 26.2 Å². The minimum atomic E-state index is -3.69. The first-order valence-corrected chi connectivity index (χ1v) is 10.2. The van der Waals surface area contributed by atoms with Gasteiger partial charge in [0.15, 0.2) is 5.03 Å². The quantitative estimate of drug-likeness (QED) is 0.750. The van der Waals surface area contributed by atoms with Crippen molar-refractivity contribution in [3.05, 3.63) is 24.9 Å². The third-order valence-electron chi connectivity index (χ3n) is 3.82. The monoisotopic (exact) mass is 374 g/mol. The highest BCUT2D eigenvalue weighted by Gasteiger charge is 2.32. The van der Waals surface area contributed by atoms with Crippen LogP contribution in [0, 0.1) is 0 Å². The van der Waals surface area contributed by atoms with Gasteiger partial charge in [0, 0.05) is 39.4 Å². The van der Waals surface area contributed by atoms with Crippen LogP contribution in [0.3, 0.4) is 0 Å². The predicted molar refractivity (Wildman–Crippen MR) is 83.9 cm³/mol. The number of imidazole rings is 1. The van der Waals surface area contributed by atoms with Crippen molar-refractivity contribution < 1.29 is 16.8 Å². The fraction of sp³-hybridized carbons (Fsp3) is 0.500. The fourth-order valence-corrected chi connectivity index (χ4v) is 5.38. The summed E-state index contributed by atoms with van der Waals surface area (Å²) in [6.07, 6.45) is 5.67.